The molecule has 0 saturated carbocycles. The van der Waals surface area contributed by atoms with E-state index in [-0.39, 0.29) is 18.2 Å². The highest BCUT2D eigenvalue weighted by molar-refractivity contribution is 7.10. The molecule has 1 saturated heterocycles. The molecule has 2 amide bonds. The highest BCUT2D eigenvalue weighted by Gasteiger charge is 2.45. The van der Waals surface area contributed by atoms with Crippen molar-refractivity contribution in [3.8, 4) is 0 Å². The first-order chi connectivity index (χ1) is 15.5. The van der Waals surface area contributed by atoms with Crippen LogP contribution in [-0.4, -0.2) is 29.3 Å². The number of hydrazone groups is 2. The number of nitrogens with zero attached hydrogens (tertiary/aromatic N) is 3. The lowest BCUT2D eigenvalue weighted by Gasteiger charge is -2.22. The van der Waals surface area contributed by atoms with Gasteiger partial charge in [-0.15, -0.1) is 11.3 Å². The van der Waals surface area contributed by atoms with Crippen molar-refractivity contribution in [3.63, 3.8) is 0 Å². The van der Waals surface area contributed by atoms with Gasteiger partial charge in [0, 0.05) is 11.3 Å². The van der Waals surface area contributed by atoms with E-state index in [4.69, 9.17) is 0 Å². The van der Waals surface area contributed by atoms with E-state index in [0.29, 0.717) is 0 Å². The van der Waals surface area contributed by atoms with Crippen LogP contribution in [0.5, 0.6) is 0 Å². The molecule has 7 heteroatoms. The summed E-state index contributed by atoms with van der Waals surface area (Å²) in [7, 11) is 0. The average Bonchev–Trinajstić information content (AvgIpc) is 3.42. The molecule has 0 spiro atoms. The second kappa shape index (κ2) is 9.70. The van der Waals surface area contributed by atoms with Crippen LogP contribution < -0.4 is 5.43 Å². The van der Waals surface area contributed by atoms with Crippen LogP contribution in [-0.2, 0) is 9.59 Å². The van der Waals surface area contributed by atoms with E-state index >= 15 is 0 Å². The highest BCUT2D eigenvalue weighted by Crippen LogP contribution is 2.40. The SMILES string of the molecule is Cc1ccc(/C=N/NC(=O)[C@@H]2CC(=O)N(/N=C/c3ccc(C)cc3)[C@H]2c2cccs2)cc1. The predicted octanol–water partition coefficient (Wildman–Crippen LogP) is 4.44. The van der Waals surface area contributed by atoms with Crippen LogP contribution in [0.4, 0.5) is 0 Å². The van der Waals surface area contributed by atoms with E-state index in [1.165, 1.54) is 16.3 Å². The lowest BCUT2D eigenvalue weighted by atomic mass is 9.98. The van der Waals surface area contributed by atoms with Crippen molar-refractivity contribution < 1.29 is 9.59 Å². The topological polar surface area (TPSA) is 74.1 Å². The Balaban J connectivity index is 1.52. The highest BCUT2D eigenvalue weighted by atomic mass is 32.1. The van der Waals surface area contributed by atoms with Crippen molar-refractivity contribution >= 4 is 35.6 Å². The fourth-order valence-corrected chi connectivity index (χ4v) is 4.43. The second-order valence-corrected chi connectivity index (χ2v) is 8.79. The Hall–Kier alpha value is -3.58. The van der Waals surface area contributed by atoms with Crippen molar-refractivity contribution in [2.45, 2.75) is 26.3 Å². The summed E-state index contributed by atoms with van der Waals surface area (Å²) in [6, 6.07) is 19.1. The molecule has 0 aliphatic carbocycles. The van der Waals surface area contributed by atoms with Gasteiger partial charge in [-0.25, -0.2) is 10.4 Å². The monoisotopic (exact) mass is 444 g/mol. The quantitative estimate of drug-likeness (QED) is 0.451. The van der Waals surface area contributed by atoms with E-state index in [2.05, 4.69) is 15.6 Å². The molecule has 2 heterocycles. The van der Waals surface area contributed by atoms with E-state index in [1.807, 2.05) is 79.9 Å². The standard InChI is InChI=1S/C25H24N4O2S/c1-17-5-9-19(10-6-17)15-26-28-25(31)21-14-23(30)29(24(21)22-4-3-13-32-22)27-16-20-11-7-18(2)8-12-20/h3-13,15-16,21,24H,14H2,1-2H3,(H,28,31)/b26-15+,27-16+/t21-,24-/m1/s1. The predicted molar refractivity (Wildman–Crippen MR) is 128 cm³/mol. The van der Waals surface area contributed by atoms with E-state index in [9.17, 15) is 9.59 Å². The lowest BCUT2D eigenvalue weighted by molar-refractivity contribution is -0.129. The summed E-state index contributed by atoms with van der Waals surface area (Å²) in [5.41, 5.74) is 6.69. The molecule has 1 aromatic heterocycles. The maximum Gasteiger partial charge on any atom is 0.246 e. The first kappa shape index (κ1) is 21.6. The van der Waals surface area contributed by atoms with Gasteiger partial charge in [-0.05, 0) is 36.4 Å². The molecule has 32 heavy (non-hydrogen) atoms. The number of hydrogen-bond acceptors (Lipinski definition) is 5. The van der Waals surface area contributed by atoms with Crippen LogP contribution in [0.15, 0.2) is 76.2 Å². The zero-order valence-corrected chi connectivity index (χ0v) is 18.8. The third kappa shape index (κ3) is 5.00. The van der Waals surface area contributed by atoms with Crippen LogP contribution >= 0.6 is 11.3 Å². The Morgan fingerprint density at radius 2 is 1.62 bits per heavy atom. The molecule has 6 nitrogen and oxygen atoms in total. The fourth-order valence-electron chi connectivity index (χ4n) is 3.56. The number of nitrogens with one attached hydrogen (secondary N) is 1. The smallest absolute Gasteiger partial charge is 0.246 e. The molecular formula is C25H24N4O2S. The largest absolute Gasteiger partial charge is 0.273 e. The van der Waals surface area contributed by atoms with Gasteiger partial charge >= 0.3 is 0 Å². The molecule has 3 aromatic rings. The third-order valence-corrected chi connectivity index (χ3v) is 6.28. The van der Waals surface area contributed by atoms with Crippen molar-refractivity contribution in [3.05, 3.63) is 93.2 Å². The second-order valence-electron chi connectivity index (χ2n) is 7.81. The van der Waals surface area contributed by atoms with Gasteiger partial charge in [0.15, 0.2) is 0 Å². The Bertz CT molecular complexity index is 1140. The molecule has 1 aliphatic rings. The van der Waals surface area contributed by atoms with Crippen molar-refractivity contribution in [1.82, 2.24) is 10.4 Å². The van der Waals surface area contributed by atoms with Gasteiger partial charge in [0.25, 0.3) is 0 Å². The molecule has 0 radical (unpaired) electrons. The van der Waals surface area contributed by atoms with Crippen LogP contribution in [0.25, 0.3) is 0 Å². The third-order valence-electron chi connectivity index (χ3n) is 5.34. The minimum absolute atomic E-state index is 0.0830. The minimum Gasteiger partial charge on any atom is -0.273 e. The number of rotatable bonds is 6. The summed E-state index contributed by atoms with van der Waals surface area (Å²) in [6.07, 6.45) is 3.34. The number of amides is 2. The van der Waals surface area contributed by atoms with Gasteiger partial charge < -0.3 is 0 Å². The van der Waals surface area contributed by atoms with Gasteiger partial charge in [-0.1, -0.05) is 65.7 Å². The molecule has 162 valence electrons. The molecule has 4 rings (SSSR count). The molecule has 2 aromatic carbocycles. The number of carbonyl (C=O) groups is 2. The number of benzene rings is 2. The van der Waals surface area contributed by atoms with Gasteiger partial charge in [0.2, 0.25) is 11.8 Å². The molecule has 1 N–H and O–H groups in total. The molecule has 0 unspecified atom stereocenters. The molecule has 0 bridgehead atoms. The van der Waals surface area contributed by atoms with Crippen LogP contribution in [0.2, 0.25) is 0 Å². The Morgan fingerprint density at radius 1 is 1.00 bits per heavy atom. The Labute approximate surface area is 191 Å². The van der Waals surface area contributed by atoms with Gasteiger partial charge in [0.1, 0.15) is 6.04 Å². The van der Waals surface area contributed by atoms with Gasteiger partial charge in [0.05, 0.1) is 18.3 Å². The van der Waals surface area contributed by atoms with Crippen molar-refractivity contribution in [2.24, 2.45) is 16.1 Å². The number of thiophene rings is 1. The normalized spacial score (nSPS) is 18.7. The van der Waals surface area contributed by atoms with Crippen LogP contribution in [0.3, 0.4) is 0 Å². The van der Waals surface area contributed by atoms with E-state index < -0.39 is 12.0 Å². The maximum atomic E-state index is 12.9. The molecule has 1 fully saturated rings. The summed E-state index contributed by atoms with van der Waals surface area (Å²) < 4.78 is 0. The summed E-state index contributed by atoms with van der Waals surface area (Å²) >= 11 is 1.51. The number of carbonyl (C=O) groups excluding carboxylic acids is 2. The van der Waals surface area contributed by atoms with Gasteiger partial charge in [-0.3, -0.25) is 9.59 Å². The zero-order valence-electron chi connectivity index (χ0n) is 17.9. The lowest BCUT2D eigenvalue weighted by Crippen LogP contribution is -2.31. The molecule has 1 aliphatic heterocycles. The van der Waals surface area contributed by atoms with E-state index in [0.717, 1.165) is 27.1 Å². The fraction of sp³-hybridized carbons (Fsp3) is 0.200. The number of aryl methyl sites for hydroxylation is 2. The van der Waals surface area contributed by atoms with Gasteiger partial charge in [-0.2, -0.15) is 10.2 Å². The molecule has 2 atom stereocenters. The number of hydrogen-bond donors (Lipinski definition) is 1. The Morgan fingerprint density at radius 3 is 2.22 bits per heavy atom. The zero-order chi connectivity index (χ0) is 22.5. The van der Waals surface area contributed by atoms with Crippen LogP contribution in [0.1, 0.15) is 39.6 Å². The average molecular weight is 445 g/mol. The first-order valence-corrected chi connectivity index (χ1v) is 11.2. The molecular weight excluding hydrogens is 420 g/mol. The summed E-state index contributed by atoms with van der Waals surface area (Å²) in [4.78, 5) is 26.7. The summed E-state index contributed by atoms with van der Waals surface area (Å²) in [6.45, 7) is 4.03. The van der Waals surface area contributed by atoms with Crippen molar-refractivity contribution in [1.29, 1.82) is 0 Å². The van der Waals surface area contributed by atoms with Crippen molar-refractivity contribution in [2.75, 3.05) is 0 Å². The maximum absolute atomic E-state index is 12.9. The summed E-state index contributed by atoms with van der Waals surface area (Å²) in [5, 5.41) is 11.9. The minimum atomic E-state index is -0.577. The van der Waals surface area contributed by atoms with Crippen LogP contribution in [0, 0.1) is 19.8 Å². The summed E-state index contributed by atoms with van der Waals surface area (Å²) in [5.74, 6) is -1.06. The Kier molecular flexibility index (Phi) is 6.56. The van der Waals surface area contributed by atoms with E-state index in [1.54, 1.807) is 12.4 Å². The first-order valence-electron chi connectivity index (χ1n) is 10.4.